The molecule has 0 heterocycles. The molecule has 0 fully saturated rings. The summed E-state index contributed by atoms with van der Waals surface area (Å²) in [6.07, 6.45) is 27.2. The van der Waals surface area contributed by atoms with Gasteiger partial charge in [0, 0.05) is 17.7 Å². The van der Waals surface area contributed by atoms with Crippen LogP contribution in [0, 0.1) is 0 Å². The second-order valence-corrected chi connectivity index (χ2v) is 10.7. The average molecular weight is 504 g/mol. The molecule has 2 N–H and O–H groups in total. The maximum Gasteiger partial charge on any atom is 0.697 e. The minimum absolute atomic E-state index is 0.443. The van der Waals surface area contributed by atoms with E-state index in [1.165, 1.54) is 128 Å². The Morgan fingerprint density at radius 3 is 1.06 bits per heavy atom. The molecule has 0 aliphatic rings. The van der Waals surface area contributed by atoms with Gasteiger partial charge in [0.1, 0.15) is 13.2 Å². The molecule has 5 nitrogen and oxygen atoms in total. The minimum atomic E-state index is -1.99. The molecule has 0 aliphatic heterocycles. The van der Waals surface area contributed by atoms with Gasteiger partial charge in [-0.1, -0.05) is 129 Å². The fourth-order valence-corrected chi connectivity index (χ4v) is 4.70. The Kier molecular flexibility index (Phi) is 30.9. The molecule has 204 valence electrons. The summed E-state index contributed by atoms with van der Waals surface area (Å²) in [4.78, 5) is 0. The van der Waals surface area contributed by atoms with Crippen LogP contribution in [-0.2, 0) is 13.6 Å². The first kappa shape index (κ1) is 33.9. The third-order valence-corrected chi connectivity index (χ3v) is 7.15. The predicted molar refractivity (Wildman–Crippen MR) is 149 cm³/mol. The zero-order chi connectivity index (χ0) is 24.8. The lowest BCUT2D eigenvalue weighted by Crippen LogP contribution is -2.21. The molecule has 0 spiro atoms. The average Bonchev–Trinajstić information content (AvgIpc) is 2.84. The first-order chi connectivity index (χ1) is 16.8. The van der Waals surface area contributed by atoms with Gasteiger partial charge in [-0.3, -0.25) is 0 Å². The number of nitrogens with one attached hydrogen (secondary N) is 2. The van der Waals surface area contributed by atoms with Gasteiger partial charge in [0.15, 0.2) is 0 Å². The summed E-state index contributed by atoms with van der Waals surface area (Å²) in [5, 5.41) is 6.73. The van der Waals surface area contributed by atoms with E-state index in [9.17, 15) is 4.57 Å². The molecule has 0 aromatic heterocycles. The Morgan fingerprint density at radius 2 is 0.735 bits per heavy atom. The van der Waals surface area contributed by atoms with E-state index in [1.807, 2.05) is 0 Å². The zero-order valence-electron chi connectivity index (χ0n) is 23.1. The van der Waals surface area contributed by atoms with Crippen LogP contribution in [0.5, 0.6) is 0 Å². The highest BCUT2D eigenvalue weighted by Gasteiger charge is 2.18. The highest BCUT2D eigenvalue weighted by atomic mass is 31.1. The van der Waals surface area contributed by atoms with Crippen molar-refractivity contribution in [2.45, 2.75) is 142 Å². The normalized spacial score (nSPS) is 11.4. The molecule has 0 saturated heterocycles. The standard InChI is InChI=1S/C28H60N2O3P/c1-3-5-7-9-11-13-15-17-19-21-23-29-25-27-32-34(31)33-28-26-30-24-22-20-18-16-14-12-10-8-6-4-2/h29-30H,3-28H2,1-2H3/q+1. The van der Waals surface area contributed by atoms with Crippen molar-refractivity contribution in [1.82, 2.24) is 10.6 Å². The SMILES string of the molecule is CCCCCCCCCCCCNCCO[P+](=O)OCCNCCCCCCCCCCCC. The van der Waals surface area contributed by atoms with Crippen molar-refractivity contribution >= 4 is 8.25 Å². The Bertz CT molecular complexity index is 366. The van der Waals surface area contributed by atoms with Gasteiger partial charge in [-0.25, -0.2) is 0 Å². The van der Waals surface area contributed by atoms with E-state index in [4.69, 9.17) is 9.05 Å². The molecule has 0 aliphatic carbocycles. The number of hydrogen-bond donors (Lipinski definition) is 2. The van der Waals surface area contributed by atoms with E-state index in [0.29, 0.717) is 13.2 Å². The summed E-state index contributed by atoms with van der Waals surface area (Å²) in [6, 6.07) is 0. The van der Waals surface area contributed by atoms with Crippen LogP contribution in [0.2, 0.25) is 0 Å². The number of unbranched alkanes of at least 4 members (excludes halogenated alkanes) is 18. The van der Waals surface area contributed by atoms with E-state index in [0.717, 1.165) is 26.2 Å². The minimum Gasteiger partial charge on any atom is -0.314 e. The van der Waals surface area contributed by atoms with Gasteiger partial charge in [0.25, 0.3) is 0 Å². The van der Waals surface area contributed by atoms with Gasteiger partial charge in [-0.05, 0) is 25.9 Å². The molecule has 0 aromatic rings. The zero-order valence-corrected chi connectivity index (χ0v) is 24.0. The van der Waals surface area contributed by atoms with Crippen molar-refractivity contribution in [3.05, 3.63) is 0 Å². The quantitative estimate of drug-likeness (QED) is 0.0758. The molecule has 6 heteroatoms. The molecule has 0 bridgehead atoms. The topological polar surface area (TPSA) is 59.6 Å². The van der Waals surface area contributed by atoms with E-state index in [1.54, 1.807) is 0 Å². The van der Waals surface area contributed by atoms with E-state index < -0.39 is 8.25 Å². The highest BCUT2D eigenvalue weighted by molar-refractivity contribution is 7.33. The molecular formula is C28H60N2O3P+. The third-order valence-electron chi connectivity index (χ3n) is 6.37. The molecule has 34 heavy (non-hydrogen) atoms. The monoisotopic (exact) mass is 503 g/mol. The first-order valence-corrected chi connectivity index (χ1v) is 16.0. The van der Waals surface area contributed by atoms with Crippen molar-refractivity contribution in [3.8, 4) is 0 Å². The Labute approximate surface area is 214 Å². The van der Waals surface area contributed by atoms with Crippen molar-refractivity contribution in [2.24, 2.45) is 0 Å². The molecule has 0 saturated carbocycles. The van der Waals surface area contributed by atoms with E-state index in [-0.39, 0.29) is 0 Å². The number of hydrogen-bond acceptors (Lipinski definition) is 5. The van der Waals surface area contributed by atoms with E-state index in [2.05, 4.69) is 24.5 Å². The van der Waals surface area contributed by atoms with Gasteiger partial charge in [-0.15, -0.1) is 9.05 Å². The van der Waals surface area contributed by atoms with Crippen LogP contribution >= 0.6 is 8.25 Å². The lowest BCUT2D eigenvalue weighted by Gasteiger charge is -2.04. The maximum absolute atomic E-state index is 11.7. The third kappa shape index (κ3) is 30.0. The summed E-state index contributed by atoms with van der Waals surface area (Å²) in [5.41, 5.74) is 0. The number of rotatable bonds is 30. The Morgan fingerprint density at radius 1 is 0.441 bits per heavy atom. The van der Waals surface area contributed by atoms with Gasteiger partial charge in [0.05, 0.1) is 0 Å². The lowest BCUT2D eigenvalue weighted by molar-refractivity contribution is 0.225. The Hall–Kier alpha value is -0.0600. The summed E-state index contributed by atoms with van der Waals surface area (Å²) < 4.78 is 22.2. The molecule has 0 radical (unpaired) electrons. The van der Waals surface area contributed by atoms with Crippen molar-refractivity contribution in [2.75, 3.05) is 39.4 Å². The largest absolute Gasteiger partial charge is 0.697 e. The van der Waals surface area contributed by atoms with Crippen molar-refractivity contribution in [1.29, 1.82) is 0 Å². The van der Waals surface area contributed by atoms with Gasteiger partial charge < -0.3 is 10.6 Å². The van der Waals surface area contributed by atoms with Crippen LogP contribution in [0.15, 0.2) is 0 Å². The van der Waals surface area contributed by atoms with Gasteiger partial charge >= 0.3 is 8.25 Å². The predicted octanol–water partition coefficient (Wildman–Crippen LogP) is 8.70. The second kappa shape index (κ2) is 31.0. The molecule has 0 aromatic carbocycles. The highest BCUT2D eigenvalue weighted by Crippen LogP contribution is 2.22. The molecule has 0 amide bonds. The lowest BCUT2D eigenvalue weighted by atomic mass is 10.1. The van der Waals surface area contributed by atoms with Crippen molar-refractivity contribution in [3.63, 3.8) is 0 Å². The van der Waals surface area contributed by atoms with Gasteiger partial charge in [0.2, 0.25) is 0 Å². The van der Waals surface area contributed by atoms with Gasteiger partial charge in [-0.2, -0.15) is 0 Å². The van der Waals surface area contributed by atoms with Crippen LogP contribution in [0.4, 0.5) is 0 Å². The van der Waals surface area contributed by atoms with Crippen LogP contribution in [0.25, 0.3) is 0 Å². The summed E-state index contributed by atoms with van der Waals surface area (Å²) >= 11 is 0. The first-order valence-electron chi connectivity index (χ1n) is 15.0. The summed E-state index contributed by atoms with van der Waals surface area (Å²) in [5.74, 6) is 0. The van der Waals surface area contributed by atoms with Crippen LogP contribution < -0.4 is 10.6 Å². The van der Waals surface area contributed by atoms with Crippen LogP contribution in [-0.4, -0.2) is 39.4 Å². The Balaban J connectivity index is 3.14. The van der Waals surface area contributed by atoms with Crippen molar-refractivity contribution < 1.29 is 13.6 Å². The summed E-state index contributed by atoms with van der Waals surface area (Å²) in [7, 11) is -1.99. The van der Waals surface area contributed by atoms with E-state index >= 15 is 0 Å². The fraction of sp³-hybridized carbons (Fsp3) is 1.00. The fourth-order valence-electron chi connectivity index (χ4n) is 4.15. The molecule has 0 unspecified atom stereocenters. The second-order valence-electron chi connectivity index (χ2n) is 9.75. The maximum atomic E-state index is 11.7. The summed E-state index contributed by atoms with van der Waals surface area (Å²) in [6.45, 7) is 8.93. The smallest absolute Gasteiger partial charge is 0.314 e. The molecular weight excluding hydrogens is 443 g/mol. The molecule has 0 rings (SSSR count). The molecule has 0 atom stereocenters. The van der Waals surface area contributed by atoms with Crippen LogP contribution in [0.1, 0.15) is 142 Å². The van der Waals surface area contributed by atoms with Crippen LogP contribution in [0.3, 0.4) is 0 Å².